The Morgan fingerprint density at radius 3 is 2.63 bits per heavy atom. The molecule has 3 nitrogen and oxygen atoms in total. The maximum Gasteiger partial charge on any atom is 0.0701 e. The molecule has 0 amide bonds. The summed E-state index contributed by atoms with van der Waals surface area (Å²) in [6, 6.07) is 0.843. The van der Waals surface area contributed by atoms with Crippen LogP contribution in [-0.2, 0) is 0 Å². The summed E-state index contributed by atoms with van der Waals surface area (Å²) in [6.45, 7) is 7.61. The van der Waals surface area contributed by atoms with Crippen molar-refractivity contribution in [1.82, 2.24) is 15.1 Å². The molecule has 1 atom stereocenters. The zero-order valence-corrected chi connectivity index (χ0v) is 13.9. The van der Waals surface area contributed by atoms with E-state index in [0.717, 1.165) is 16.9 Å². The van der Waals surface area contributed by atoms with Gasteiger partial charge in [0.2, 0.25) is 0 Å². The van der Waals surface area contributed by atoms with Crippen molar-refractivity contribution >= 4 is 15.9 Å². The fourth-order valence-corrected chi connectivity index (χ4v) is 3.75. The van der Waals surface area contributed by atoms with Crippen molar-refractivity contribution < 1.29 is 0 Å². The molecule has 1 aromatic rings. The van der Waals surface area contributed by atoms with E-state index in [4.69, 9.17) is 0 Å². The van der Waals surface area contributed by atoms with Crippen molar-refractivity contribution in [1.29, 1.82) is 0 Å². The Balaban J connectivity index is 2.29. The maximum absolute atomic E-state index is 4.54. The molecular weight excluding hydrogens is 302 g/mol. The lowest BCUT2D eigenvalue weighted by Crippen LogP contribution is -2.32. The first-order valence-corrected chi connectivity index (χ1v) is 8.40. The van der Waals surface area contributed by atoms with Gasteiger partial charge < -0.3 is 5.32 Å². The fraction of sp³-hybridized carbons (Fsp3) is 0.800. The highest BCUT2D eigenvalue weighted by molar-refractivity contribution is 9.10. The summed E-state index contributed by atoms with van der Waals surface area (Å²) in [5.41, 5.74) is 1.34. The van der Waals surface area contributed by atoms with Crippen LogP contribution in [0.3, 0.4) is 0 Å². The number of aromatic nitrogens is 2. The minimum Gasteiger partial charge on any atom is -0.309 e. The lowest BCUT2D eigenvalue weighted by atomic mass is 9.82. The highest BCUT2D eigenvalue weighted by Crippen LogP contribution is 2.37. The average molecular weight is 328 g/mol. The molecule has 0 aromatic carbocycles. The lowest BCUT2D eigenvalue weighted by molar-refractivity contribution is 0.260. The number of nitrogens with zero attached hydrogens (tertiary/aromatic N) is 2. The number of hydrogen-bond donors (Lipinski definition) is 1. The topological polar surface area (TPSA) is 29.9 Å². The van der Waals surface area contributed by atoms with Crippen molar-refractivity contribution in [2.75, 3.05) is 6.54 Å². The molecule has 1 saturated carbocycles. The maximum atomic E-state index is 4.54. The van der Waals surface area contributed by atoms with Gasteiger partial charge in [0.05, 0.1) is 22.4 Å². The molecule has 1 unspecified atom stereocenters. The van der Waals surface area contributed by atoms with Crippen LogP contribution in [0.1, 0.15) is 70.7 Å². The summed E-state index contributed by atoms with van der Waals surface area (Å²) in [7, 11) is 0. The van der Waals surface area contributed by atoms with E-state index in [1.807, 2.05) is 6.20 Å². The molecule has 108 valence electrons. The van der Waals surface area contributed by atoms with E-state index in [1.54, 1.807) is 0 Å². The second-order valence-corrected chi connectivity index (χ2v) is 6.70. The first-order chi connectivity index (χ1) is 9.15. The van der Waals surface area contributed by atoms with Crippen LogP contribution in [0.5, 0.6) is 0 Å². The molecule has 4 heteroatoms. The first-order valence-electron chi connectivity index (χ1n) is 7.61. The van der Waals surface area contributed by atoms with Crippen LogP contribution in [0.4, 0.5) is 0 Å². The fourth-order valence-electron chi connectivity index (χ4n) is 3.23. The van der Waals surface area contributed by atoms with Crippen molar-refractivity contribution in [3.05, 3.63) is 16.4 Å². The molecule has 1 aliphatic rings. The zero-order chi connectivity index (χ0) is 13.8. The van der Waals surface area contributed by atoms with Crippen LogP contribution in [0, 0.1) is 5.92 Å². The van der Waals surface area contributed by atoms with E-state index in [2.05, 4.69) is 51.8 Å². The highest BCUT2D eigenvalue weighted by atomic mass is 79.9. The van der Waals surface area contributed by atoms with E-state index in [1.165, 1.54) is 37.8 Å². The van der Waals surface area contributed by atoms with Gasteiger partial charge in [-0.3, -0.25) is 4.68 Å². The number of halogens is 1. The van der Waals surface area contributed by atoms with E-state index in [9.17, 15) is 0 Å². The van der Waals surface area contributed by atoms with Gasteiger partial charge in [0.15, 0.2) is 0 Å². The Hall–Kier alpha value is -0.350. The Morgan fingerprint density at radius 1 is 1.37 bits per heavy atom. The van der Waals surface area contributed by atoms with Gasteiger partial charge in [-0.05, 0) is 55.1 Å². The third-order valence-corrected chi connectivity index (χ3v) is 4.73. The van der Waals surface area contributed by atoms with Crippen LogP contribution in [-0.4, -0.2) is 16.3 Å². The molecule has 0 spiro atoms. The van der Waals surface area contributed by atoms with Crippen LogP contribution in [0.2, 0.25) is 0 Å². The lowest BCUT2D eigenvalue weighted by Gasteiger charge is -2.32. The Morgan fingerprint density at radius 2 is 2.05 bits per heavy atom. The van der Waals surface area contributed by atoms with Crippen LogP contribution in [0.25, 0.3) is 0 Å². The quantitative estimate of drug-likeness (QED) is 0.865. The van der Waals surface area contributed by atoms with Crippen molar-refractivity contribution in [3.63, 3.8) is 0 Å². The van der Waals surface area contributed by atoms with Crippen molar-refractivity contribution in [3.8, 4) is 0 Å². The largest absolute Gasteiger partial charge is 0.309 e. The van der Waals surface area contributed by atoms with Crippen molar-refractivity contribution in [2.24, 2.45) is 5.92 Å². The standard InChI is InChI=1S/C15H26BrN3/c1-4-17-14(12-8-6-5-7-9-12)15-13(16)10-18-19(15)11(2)3/h10-12,14,17H,4-9H2,1-3H3. The molecule has 0 aliphatic heterocycles. The van der Waals surface area contributed by atoms with Crippen molar-refractivity contribution in [2.45, 2.75) is 65.0 Å². The van der Waals surface area contributed by atoms with Gasteiger partial charge in [-0.25, -0.2) is 0 Å². The van der Waals surface area contributed by atoms with Gasteiger partial charge in [-0.15, -0.1) is 0 Å². The summed E-state index contributed by atoms with van der Waals surface area (Å²) >= 11 is 3.70. The summed E-state index contributed by atoms with van der Waals surface area (Å²) in [6.07, 6.45) is 8.78. The van der Waals surface area contributed by atoms with Crippen LogP contribution < -0.4 is 5.32 Å². The number of nitrogens with one attached hydrogen (secondary N) is 1. The molecule has 0 radical (unpaired) electrons. The molecule has 1 heterocycles. The molecule has 1 N–H and O–H groups in total. The third-order valence-electron chi connectivity index (χ3n) is 4.12. The summed E-state index contributed by atoms with van der Waals surface area (Å²) in [5, 5.41) is 8.24. The SMILES string of the molecule is CCNC(c1c(Br)cnn1C(C)C)C1CCCCC1. The van der Waals surface area contributed by atoms with E-state index in [-0.39, 0.29) is 0 Å². The van der Waals surface area contributed by atoms with E-state index in [0.29, 0.717) is 12.1 Å². The van der Waals surface area contributed by atoms with Gasteiger partial charge in [0.25, 0.3) is 0 Å². The second kappa shape index (κ2) is 6.89. The molecule has 2 rings (SSSR count). The molecular formula is C15H26BrN3. The number of hydrogen-bond acceptors (Lipinski definition) is 2. The molecule has 1 aromatic heterocycles. The molecule has 19 heavy (non-hydrogen) atoms. The Labute approximate surface area is 125 Å². The summed E-state index contributed by atoms with van der Waals surface area (Å²) in [5.74, 6) is 0.749. The predicted molar refractivity (Wildman–Crippen MR) is 83.3 cm³/mol. The van der Waals surface area contributed by atoms with Gasteiger partial charge in [0.1, 0.15) is 0 Å². The van der Waals surface area contributed by atoms with Gasteiger partial charge >= 0.3 is 0 Å². The van der Waals surface area contributed by atoms with Crippen LogP contribution in [0.15, 0.2) is 10.7 Å². The number of rotatable bonds is 5. The molecule has 0 saturated heterocycles. The highest BCUT2D eigenvalue weighted by Gasteiger charge is 2.29. The average Bonchev–Trinajstić information content (AvgIpc) is 2.79. The van der Waals surface area contributed by atoms with Gasteiger partial charge in [0, 0.05) is 6.04 Å². The van der Waals surface area contributed by atoms with Gasteiger partial charge in [-0.2, -0.15) is 5.10 Å². The van der Waals surface area contributed by atoms with E-state index < -0.39 is 0 Å². The monoisotopic (exact) mass is 327 g/mol. The van der Waals surface area contributed by atoms with E-state index >= 15 is 0 Å². The summed E-state index contributed by atoms with van der Waals surface area (Å²) < 4.78 is 3.32. The molecule has 1 fully saturated rings. The van der Waals surface area contributed by atoms with Gasteiger partial charge in [-0.1, -0.05) is 26.2 Å². The first kappa shape index (κ1) is 15.0. The second-order valence-electron chi connectivity index (χ2n) is 5.85. The third kappa shape index (κ3) is 3.40. The zero-order valence-electron chi connectivity index (χ0n) is 12.3. The Kier molecular flexibility index (Phi) is 5.46. The minimum absolute atomic E-state index is 0.408. The summed E-state index contributed by atoms with van der Waals surface area (Å²) in [4.78, 5) is 0. The van der Waals surface area contributed by atoms with Crippen LogP contribution >= 0.6 is 15.9 Å². The molecule has 0 bridgehead atoms. The predicted octanol–water partition coefficient (Wildman–Crippen LogP) is 4.46. The Bertz CT molecular complexity index is 394. The normalized spacial score (nSPS) is 19.0. The molecule has 1 aliphatic carbocycles. The smallest absolute Gasteiger partial charge is 0.0701 e. The minimum atomic E-state index is 0.408.